The van der Waals surface area contributed by atoms with Gasteiger partial charge in [-0.15, -0.1) is 0 Å². The van der Waals surface area contributed by atoms with Gasteiger partial charge < -0.3 is 14.6 Å². The van der Waals surface area contributed by atoms with Crippen LogP contribution in [0.4, 0.5) is 4.79 Å². The first kappa shape index (κ1) is 14.8. The molecular weight excluding hydrogens is 292 g/mol. The fraction of sp³-hybridized carbons (Fsp3) is 0.111. The molecule has 1 atom stereocenters. The summed E-state index contributed by atoms with van der Waals surface area (Å²) in [7, 11) is 0. The van der Waals surface area contributed by atoms with Crippen LogP contribution in [0.2, 0.25) is 0 Å². The molecule has 5 heteroatoms. The van der Waals surface area contributed by atoms with Crippen molar-refractivity contribution >= 4 is 6.09 Å². The quantitative estimate of drug-likeness (QED) is 0.785. The molecule has 3 aromatic rings. The number of ether oxygens (including phenoxy) is 1. The van der Waals surface area contributed by atoms with E-state index in [0.29, 0.717) is 5.69 Å². The number of hydrogen-bond acceptors (Lipinski definition) is 4. The molecule has 23 heavy (non-hydrogen) atoms. The molecule has 0 unspecified atom stereocenters. The highest BCUT2D eigenvalue weighted by molar-refractivity contribution is 5.71. The average molecular weight is 308 g/mol. The second-order valence-electron chi connectivity index (χ2n) is 5.06. The van der Waals surface area contributed by atoms with Crippen LogP contribution in [0, 0.1) is 0 Å². The Morgan fingerprint density at radius 3 is 2.43 bits per heavy atom. The van der Waals surface area contributed by atoms with Crippen LogP contribution in [0.1, 0.15) is 18.5 Å². The minimum Gasteiger partial charge on any atom is -0.374 e. The van der Waals surface area contributed by atoms with Gasteiger partial charge in [-0.25, -0.2) is 4.79 Å². The van der Waals surface area contributed by atoms with Crippen molar-refractivity contribution in [3.05, 3.63) is 72.3 Å². The lowest BCUT2D eigenvalue weighted by Gasteiger charge is -2.12. The van der Waals surface area contributed by atoms with Gasteiger partial charge >= 0.3 is 12.0 Å². The van der Waals surface area contributed by atoms with E-state index in [9.17, 15) is 4.79 Å². The third kappa shape index (κ3) is 3.77. The van der Waals surface area contributed by atoms with Gasteiger partial charge in [-0.1, -0.05) is 65.8 Å². The summed E-state index contributed by atoms with van der Waals surface area (Å²) in [5, 5.41) is 6.64. The van der Waals surface area contributed by atoms with E-state index < -0.39 is 6.09 Å². The molecule has 0 saturated carbocycles. The van der Waals surface area contributed by atoms with Crippen molar-refractivity contribution in [1.82, 2.24) is 10.5 Å². The number of benzene rings is 2. The van der Waals surface area contributed by atoms with Gasteiger partial charge in [0.15, 0.2) is 0 Å². The Bertz CT molecular complexity index is 769. The monoisotopic (exact) mass is 308 g/mol. The van der Waals surface area contributed by atoms with Crippen LogP contribution >= 0.6 is 0 Å². The zero-order valence-corrected chi connectivity index (χ0v) is 12.6. The van der Waals surface area contributed by atoms with Crippen LogP contribution in [0.5, 0.6) is 5.95 Å². The van der Waals surface area contributed by atoms with E-state index in [1.54, 1.807) is 6.07 Å². The highest BCUT2D eigenvalue weighted by Crippen LogP contribution is 2.23. The van der Waals surface area contributed by atoms with E-state index in [2.05, 4.69) is 10.5 Å². The zero-order chi connectivity index (χ0) is 16.1. The lowest BCUT2D eigenvalue weighted by atomic mass is 10.1. The van der Waals surface area contributed by atoms with Crippen LogP contribution in [0.3, 0.4) is 0 Å². The van der Waals surface area contributed by atoms with Gasteiger partial charge in [0.25, 0.3) is 0 Å². The Labute approximate surface area is 133 Å². The van der Waals surface area contributed by atoms with Crippen molar-refractivity contribution < 1.29 is 14.1 Å². The van der Waals surface area contributed by atoms with E-state index in [4.69, 9.17) is 9.26 Å². The summed E-state index contributed by atoms with van der Waals surface area (Å²) in [6.45, 7) is 1.88. The Kier molecular flexibility index (Phi) is 4.38. The molecule has 116 valence electrons. The standard InChI is InChI=1S/C18H16N2O3/c1-13(14-8-4-2-5-9-14)19-18(21)22-17-12-16(20-23-17)15-10-6-3-7-11-15/h2-13H,1H3,(H,19,21)/t13-/m0/s1. The highest BCUT2D eigenvalue weighted by atomic mass is 16.7. The average Bonchev–Trinajstić information content (AvgIpc) is 3.04. The van der Waals surface area contributed by atoms with Gasteiger partial charge in [-0.3, -0.25) is 0 Å². The molecule has 5 nitrogen and oxygen atoms in total. The van der Waals surface area contributed by atoms with Gasteiger partial charge in [-0.05, 0) is 12.5 Å². The summed E-state index contributed by atoms with van der Waals surface area (Å²) in [4.78, 5) is 11.9. The van der Waals surface area contributed by atoms with Crippen molar-refractivity contribution in [2.24, 2.45) is 0 Å². The number of nitrogens with zero attached hydrogens (tertiary/aromatic N) is 1. The largest absolute Gasteiger partial charge is 0.415 e. The second kappa shape index (κ2) is 6.79. The predicted octanol–water partition coefficient (Wildman–Crippen LogP) is 4.19. The van der Waals surface area contributed by atoms with Crippen LogP contribution in [-0.4, -0.2) is 11.2 Å². The molecule has 0 bridgehead atoms. The number of rotatable bonds is 4. The maximum Gasteiger partial charge on any atom is 0.415 e. The highest BCUT2D eigenvalue weighted by Gasteiger charge is 2.14. The Balaban J connectivity index is 1.61. The summed E-state index contributed by atoms with van der Waals surface area (Å²) in [6.07, 6.45) is -0.586. The number of carbonyl (C=O) groups is 1. The van der Waals surface area contributed by atoms with E-state index in [1.165, 1.54) is 0 Å². The van der Waals surface area contributed by atoms with Crippen LogP contribution in [-0.2, 0) is 0 Å². The predicted molar refractivity (Wildman–Crippen MR) is 86.0 cm³/mol. The van der Waals surface area contributed by atoms with Crippen LogP contribution in [0.25, 0.3) is 11.3 Å². The molecule has 1 amide bonds. The number of carbonyl (C=O) groups excluding carboxylic acids is 1. The number of nitrogens with one attached hydrogen (secondary N) is 1. The zero-order valence-electron chi connectivity index (χ0n) is 12.6. The van der Waals surface area contributed by atoms with Crippen molar-refractivity contribution in [2.45, 2.75) is 13.0 Å². The molecule has 3 rings (SSSR count). The van der Waals surface area contributed by atoms with Crippen molar-refractivity contribution in [2.75, 3.05) is 0 Å². The maximum absolute atomic E-state index is 11.9. The first-order valence-corrected chi connectivity index (χ1v) is 7.28. The maximum atomic E-state index is 11.9. The topological polar surface area (TPSA) is 64.4 Å². The molecule has 1 N–H and O–H groups in total. The molecule has 0 fully saturated rings. The Morgan fingerprint density at radius 2 is 1.74 bits per heavy atom. The first-order valence-electron chi connectivity index (χ1n) is 7.28. The van der Waals surface area contributed by atoms with E-state index in [1.807, 2.05) is 67.6 Å². The summed E-state index contributed by atoms with van der Waals surface area (Å²) in [6, 6.07) is 20.6. The number of hydrogen-bond donors (Lipinski definition) is 1. The Hall–Kier alpha value is -3.08. The molecular formula is C18H16N2O3. The molecule has 1 aromatic heterocycles. The van der Waals surface area contributed by atoms with Crippen molar-refractivity contribution in [3.8, 4) is 17.2 Å². The second-order valence-corrected chi connectivity index (χ2v) is 5.06. The molecule has 1 heterocycles. The molecule has 0 spiro atoms. The van der Waals surface area contributed by atoms with E-state index in [-0.39, 0.29) is 12.0 Å². The minimum atomic E-state index is -0.586. The van der Waals surface area contributed by atoms with Gasteiger partial charge in [0.1, 0.15) is 5.69 Å². The third-order valence-corrected chi connectivity index (χ3v) is 3.39. The van der Waals surface area contributed by atoms with Crippen LogP contribution < -0.4 is 10.1 Å². The fourth-order valence-electron chi connectivity index (χ4n) is 2.17. The van der Waals surface area contributed by atoms with Gasteiger partial charge in [0.2, 0.25) is 0 Å². The van der Waals surface area contributed by atoms with E-state index in [0.717, 1.165) is 11.1 Å². The normalized spacial score (nSPS) is 11.7. The van der Waals surface area contributed by atoms with Gasteiger partial charge in [0, 0.05) is 5.56 Å². The SMILES string of the molecule is C[C@H](NC(=O)Oc1cc(-c2ccccc2)no1)c1ccccc1. The smallest absolute Gasteiger partial charge is 0.374 e. The number of aromatic nitrogens is 1. The first-order chi connectivity index (χ1) is 11.2. The minimum absolute atomic E-state index is 0.0571. The molecule has 0 saturated heterocycles. The lowest BCUT2D eigenvalue weighted by molar-refractivity contribution is 0.177. The van der Waals surface area contributed by atoms with Gasteiger partial charge in [-0.2, -0.15) is 0 Å². The third-order valence-electron chi connectivity index (χ3n) is 3.39. The summed E-state index contributed by atoms with van der Waals surface area (Å²) in [5.41, 5.74) is 2.50. The molecule has 0 aliphatic heterocycles. The summed E-state index contributed by atoms with van der Waals surface area (Å²) < 4.78 is 10.2. The van der Waals surface area contributed by atoms with Crippen molar-refractivity contribution in [3.63, 3.8) is 0 Å². The summed E-state index contributed by atoms with van der Waals surface area (Å²) in [5.74, 6) is 0.0571. The lowest BCUT2D eigenvalue weighted by Crippen LogP contribution is -2.29. The fourth-order valence-corrected chi connectivity index (χ4v) is 2.17. The van der Waals surface area contributed by atoms with E-state index >= 15 is 0 Å². The van der Waals surface area contributed by atoms with Gasteiger partial charge in [0.05, 0.1) is 12.1 Å². The summed E-state index contributed by atoms with van der Waals surface area (Å²) >= 11 is 0. The van der Waals surface area contributed by atoms with Crippen molar-refractivity contribution in [1.29, 1.82) is 0 Å². The van der Waals surface area contributed by atoms with Crippen LogP contribution in [0.15, 0.2) is 71.3 Å². The molecule has 0 aliphatic carbocycles. The molecule has 0 radical (unpaired) electrons. The molecule has 0 aliphatic rings. The number of amides is 1. The Morgan fingerprint density at radius 1 is 1.09 bits per heavy atom. The molecule has 2 aromatic carbocycles.